The number of carbonyl (C=O) groups excluding carboxylic acids is 1. The van der Waals surface area contributed by atoms with E-state index in [2.05, 4.69) is 10.6 Å². The van der Waals surface area contributed by atoms with Gasteiger partial charge in [0.15, 0.2) is 16.6 Å². The molecule has 0 saturated heterocycles. The lowest BCUT2D eigenvalue weighted by Crippen LogP contribution is -2.45. The van der Waals surface area contributed by atoms with E-state index in [-0.39, 0.29) is 13.2 Å². The number of benzene rings is 2. The molecular weight excluding hydrogens is 459 g/mol. The first kappa shape index (κ1) is 23.2. The van der Waals surface area contributed by atoms with E-state index in [0.717, 1.165) is 11.1 Å². The lowest BCUT2D eigenvalue weighted by atomic mass is 9.95. The van der Waals surface area contributed by atoms with Crippen LogP contribution in [0.25, 0.3) is 0 Å². The molecule has 2 aromatic carbocycles. The van der Waals surface area contributed by atoms with E-state index in [4.69, 9.17) is 49.6 Å². The number of halogens is 2. The maximum atomic E-state index is 12.6. The van der Waals surface area contributed by atoms with Gasteiger partial charge in [-0.1, -0.05) is 35.3 Å². The van der Waals surface area contributed by atoms with Crippen molar-refractivity contribution >= 4 is 46.5 Å². The maximum absolute atomic E-state index is 12.6. The molecule has 6 nitrogen and oxygen atoms in total. The Balaban J connectivity index is 1.88. The lowest BCUT2D eigenvalue weighted by molar-refractivity contribution is -0.139. The van der Waals surface area contributed by atoms with Crippen LogP contribution in [0.2, 0.25) is 10.0 Å². The quantitative estimate of drug-likeness (QED) is 0.429. The van der Waals surface area contributed by atoms with Gasteiger partial charge in [0.1, 0.15) is 6.61 Å². The number of thiocarbonyl (C=S) groups is 1. The minimum absolute atomic E-state index is 0.245. The number of hydrogen-bond acceptors (Lipinski definition) is 5. The van der Waals surface area contributed by atoms with Crippen LogP contribution in [0, 0.1) is 0 Å². The zero-order valence-corrected chi connectivity index (χ0v) is 19.6. The minimum atomic E-state index is -0.485. The number of hydrogen-bond donors (Lipinski definition) is 2. The topological polar surface area (TPSA) is 68.8 Å². The van der Waals surface area contributed by atoms with Crippen molar-refractivity contribution in [2.45, 2.75) is 26.5 Å². The van der Waals surface area contributed by atoms with E-state index in [9.17, 15) is 4.79 Å². The summed E-state index contributed by atoms with van der Waals surface area (Å²) >= 11 is 17.5. The summed E-state index contributed by atoms with van der Waals surface area (Å²) in [5.41, 5.74) is 2.67. The number of carbonyl (C=O) groups is 1. The number of methoxy groups -OCH3 is 1. The van der Waals surface area contributed by atoms with Gasteiger partial charge in [-0.3, -0.25) is 0 Å². The molecule has 0 amide bonds. The van der Waals surface area contributed by atoms with E-state index in [1.807, 2.05) is 12.1 Å². The Labute approximate surface area is 196 Å². The summed E-state index contributed by atoms with van der Waals surface area (Å²) in [7, 11) is 1.55. The number of esters is 1. The summed E-state index contributed by atoms with van der Waals surface area (Å²) in [4.78, 5) is 12.6. The van der Waals surface area contributed by atoms with Crippen LogP contribution >= 0.6 is 35.4 Å². The van der Waals surface area contributed by atoms with Crippen LogP contribution in [0.4, 0.5) is 0 Å². The molecule has 0 radical (unpaired) electrons. The standard InChI is InChI=1S/C22H22Cl2N2O4S/c1-4-29-21(27)19-12(2)25-22(31)26-20(19)13-6-8-17(18(9-13)28-3)30-11-14-5-7-15(23)10-16(14)24/h5-10,20H,4,11H2,1-3H3,(H2,25,26,31)/t20-/m0/s1. The second kappa shape index (κ2) is 10.2. The number of nitrogens with one attached hydrogen (secondary N) is 2. The Hall–Kier alpha value is -2.48. The van der Waals surface area contributed by atoms with Gasteiger partial charge in [0.2, 0.25) is 0 Å². The second-order valence-corrected chi connectivity index (χ2v) is 7.98. The molecule has 0 aliphatic carbocycles. The van der Waals surface area contributed by atoms with Crippen LogP contribution in [0.15, 0.2) is 47.7 Å². The van der Waals surface area contributed by atoms with Gasteiger partial charge < -0.3 is 24.8 Å². The zero-order valence-electron chi connectivity index (χ0n) is 17.3. The summed E-state index contributed by atoms with van der Waals surface area (Å²) in [6, 6.07) is 10.2. The van der Waals surface area contributed by atoms with Gasteiger partial charge in [-0.05, 0) is 55.9 Å². The third-order valence-corrected chi connectivity index (χ3v) is 5.49. The van der Waals surface area contributed by atoms with Gasteiger partial charge in [0, 0.05) is 21.3 Å². The molecule has 2 N–H and O–H groups in total. The fourth-order valence-electron chi connectivity index (χ4n) is 3.20. The smallest absolute Gasteiger partial charge is 0.338 e. The van der Waals surface area contributed by atoms with Crippen LogP contribution < -0.4 is 20.1 Å². The molecule has 0 unspecified atom stereocenters. The Kier molecular flexibility index (Phi) is 7.64. The highest BCUT2D eigenvalue weighted by Crippen LogP contribution is 2.35. The van der Waals surface area contributed by atoms with Gasteiger partial charge in [-0.2, -0.15) is 0 Å². The molecule has 1 heterocycles. The largest absolute Gasteiger partial charge is 0.493 e. The number of rotatable bonds is 7. The molecule has 0 fully saturated rings. The molecule has 1 aliphatic rings. The van der Waals surface area contributed by atoms with Crippen molar-refractivity contribution in [2.75, 3.05) is 13.7 Å². The van der Waals surface area contributed by atoms with Crippen LogP contribution in [0.5, 0.6) is 11.5 Å². The summed E-state index contributed by atoms with van der Waals surface area (Å²) in [5.74, 6) is 0.631. The Bertz CT molecular complexity index is 1040. The molecule has 0 aromatic heterocycles. The first-order valence-corrected chi connectivity index (χ1v) is 10.7. The van der Waals surface area contributed by atoms with E-state index < -0.39 is 12.0 Å². The second-order valence-electron chi connectivity index (χ2n) is 6.73. The molecular formula is C22H22Cl2N2O4S. The van der Waals surface area contributed by atoms with Crippen molar-refractivity contribution in [3.8, 4) is 11.5 Å². The number of ether oxygens (including phenoxy) is 3. The molecule has 164 valence electrons. The monoisotopic (exact) mass is 480 g/mol. The van der Waals surface area contributed by atoms with E-state index in [1.54, 1.807) is 45.2 Å². The minimum Gasteiger partial charge on any atom is -0.493 e. The van der Waals surface area contributed by atoms with Gasteiger partial charge >= 0.3 is 5.97 Å². The average molecular weight is 481 g/mol. The molecule has 1 atom stereocenters. The molecule has 3 rings (SSSR count). The molecule has 0 bridgehead atoms. The van der Waals surface area contributed by atoms with Crippen LogP contribution in [-0.2, 0) is 16.1 Å². The number of allylic oxidation sites excluding steroid dienone is 1. The summed E-state index contributed by atoms with van der Waals surface area (Å²) in [6.45, 7) is 4.07. The Morgan fingerprint density at radius 1 is 1.16 bits per heavy atom. The summed E-state index contributed by atoms with van der Waals surface area (Å²) in [6.07, 6.45) is 0. The highest BCUT2D eigenvalue weighted by atomic mass is 35.5. The van der Waals surface area contributed by atoms with E-state index >= 15 is 0 Å². The molecule has 1 aliphatic heterocycles. The lowest BCUT2D eigenvalue weighted by Gasteiger charge is -2.30. The van der Waals surface area contributed by atoms with Crippen molar-refractivity contribution < 1.29 is 19.0 Å². The van der Waals surface area contributed by atoms with E-state index in [1.165, 1.54) is 0 Å². The van der Waals surface area contributed by atoms with Gasteiger partial charge in [0.05, 0.1) is 25.3 Å². The third kappa shape index (κ3) is 5.42. The van der Waals surface area contributed by atoms with Crippen molar-refractivity contribution in [1.82, 2.24) is 10.6 Å². The summed E-state index contributed by atoms with van der Waals surface area (Å²) < 4.78 is 16.7. The van der Waals surface area contributed by atoms with Crippen molar-refractivity contribution in [2.24, 2.45) is 0 Å². The molecule has 31 heavy (non-hydrogen) atoms. The van der Waals surface area contributed by atoms with Crippen LogP contribution in [-0.4, -0.2) is 24.8 Å². The Morgan fingerprint density at radius 3 is 2.61 bits per heavy atom. The third-order valence-electron chi connectivity index (χ3n) is 4.68. The van der Waals surface area contributed by atoms with Crippen molar-refractivity contribution in [1.29, 1.82) is 0 Å². The van der Waals surface area contributed by atoms with E-state index in [0.29, 0.717) is 37.9 Å². The maximum Gasteiger partial charge on any atom is 0.338 e. The highest BCUT2D eigenvalue weighted by molar-refractivity contribution is 7.80. The van der Waals surface area contributed by atoms with Gasteiger partial charge in [-0.15, -0.1) is 0 Å². The normalized spacial score (nSPS) is 15.8. The van der Waals surface area contributed by atoms with Crippen LogP contribution in [0.3, 0.4) is 0 Å². The first-order chi connectivity index (χ1) is 14.8. The van der Waals surface area contributed by atoms with Crippen molar-refractivity contribution in [3.05, 3.63) is 68.8 Å². The fraction of sp³-hybridized carbons (Fsp3) is 0.273. The average Bonchev–Trinajstić information content (AvgIpc) is 2.72. The molecule has 0 saturated carbocycles. The zero-order chi connectivity index (χ0) is 22.5. The van der Waals surface area contributed by atoms with Crippen molar-refractivity contribution in [3.63, 3.8) is 0 Å². The molecule has 9 heteroatoms. The molecule has 0 spiro atoms. The Morgan fingerprint density at radius 2 is 1.94 bits per heavy atom. The predicted octanol–water partition coefficient (Wildman–Crippen LogP) is 4.94. The summed E-state index contributed by atoms with van der Waals surface area (Å²) in [5, 5.41) is 7.61. The van der Waals surface area contributed by atoms with Gasteiger partial charge in [0.25, 0.3) is 0 Å². The first-order valence-electron chi connectivity index (χ1n) is 9.54. The fourth-order valence-corrected chi connectivity index (χ4v) is 3.93. The molecule has 2 aromatic rings. The van der Waals surface area contributed by atoms with Crippen LogP contribution in [0.1, 0.15) is 31.0 Å². The SMILES string of the molecule is CCOC(=O)C1=C(C)NC(=S)N[C@H]1c1ccc(OCc2ccc(Cl)cc2Cl)c(OC)c1. The predicted molar refractivity (Wildman–Crippen MR) is 125 cm³/mol. The van der Waals surface area contributed by atoms with Gasteiger partial charge in [-0.25, -0.2) is 4.79 Å². The highest BCUT2D eigenvalue weighted by Gasteiger charge is 2.31.